The molecule has 0 saturated carbocycles. The Balaban J connectivity index is 1.73. The van der Waals surface area contributed by atoms with Crippen molar-refractivity contribution >= 4 is 5.91 Å². The lowest BCUT2D eigenvalue weighted by Gasteiger charge is -2.25. The van der Waals surface area contributed by atoms with Crippen LogP contribution in [0, 0.1) is 0 Å². The topological polar surface area (TPSA) is 63.1 Å². The summed E-state index contributed by atoms with van der Waals surface area (Å²) >= 11 is 0. The number of rotatable bonds is 5. The molecule has 1 aliphatic heterocycles. The third kappa shape index (κ3) is 3.76. The number of amides is 1. The van der Waals surface area contributed by atoms with Crippen molar-refractivity contribution in [1.29, 1.82) is 0 Å². The zero-order valence-corrected chi connectivity index (χ0v) is 13.7. The number of aryl methyl sites for hydroxylation is 1. The van der Waals surface area contributed by atoms with Crippen LogP contribution in [-0.4, -0.2) is 31.9 Å². The molecule has 2 aromatic rings. The van der Waals surface area contributed by atoms with Crippen LogP contribution in [0.1, 0.15) is 42.8 Å². The molecule has 3 heterocycles. The Hall–Kier alpha value is -2.21. The number of likely N-dealkylation sites (tertiary alicyclic amines) is 1. The number of carbonyl (C=O) groups is 1. The Morgan fingerprint density at radius 2 is 2.35 bits per heavy atom. The van der Waals surface area contributed by atoms with Crippen molar-refractivity contribution in [3.8, 4) is 0 Å². The summed E-state index contributed by atoms with van der Waals surface area (Å²) in [7, 11) is 2.03. The van der Waals surface area contributed by atoms with Gasteiger partial charge >= 0.3 is 0 Å². The van der Waals surface area contributed by atoms with Crippen LogP contribution >= 0.6 is 0 Å². The van der Waals surface area contributed by atoms with Gasteiger partial charge in [-0.1, -0.05) is 0 Å². The summed E-state index contributed by atoms with van der Waals surface area (Å²) in [6.45, 7) is 4.01. The van der Waals surface area contributed by atoms with Gasteiger partial charge in [-0.3, -0.25) is 14.7 Å². The number of hydrogen-bond acceptors (Lipinski definition) is 4. The second-order valence-corrected chi connectivity index (χ2v) is 6.11. The molecule has 0 spiro atoms. The van der Waals surface area contributed by atoms with Crippen molar-refractivity contribution in [2.24, 2.45) is 7.05 Å². The van der Waals surface area contributed by atoms with Gasteiger partial charge in [0, 0.05) is 39.0 Å². The summed E-state index contributed by atoms with van der Waals surface area (Å²) in [4.78, 5) is 22.1. The molecule has 122 valence electrons. The molecule has 1 saturated heterocycles. The lowest BCUT2D eigenvalue weighted by Crippen LogP contribution is -2.24. The molecule has 0 bridgehead atoms. The molecular formula is C17H23N5O. The fourth-order valence-electron chi connectivity index (χ4n) is 3.15. The van der Waals surface area contributed by atoms with Crippen molar-refractivity contribution in [2.45, 2.75) is 38.9 Å². The largest absolute Gasteiger partial charge is 0.351 e. The Morgan fingerprint density at radius 1 is 1.48 bits per heavy atom. The van der Waals surface area contributed by atoms with Crippen LogP contribution in [-0.2, 0) is 24.9 Å². The Morgan fingerprint density at radius 3 is 3.09 bits per heavy atom. The maximum atomic E-state index is 11.1. The summed E-state index contributed by atoms with van der Waals surface area (Å²) in [6, 6.07) is 4.61. The van der Waals surface area contributed by atoms with Crippen molar-refractivity contribution in [1.82, 2.24) is 24.8 Å². The van der Waals surface area contributed by atoms with Crippen molar-refractivity contribution < 1.29 is 4.79 Å². The zero-order valence-electron chi connectivity index (χ0n) is 13.7. The van der Waals surface area contributed by atoms with E-state index in [0.29, 0.717) is 12.6 Å². The molecule has 1 atom stereocenters. The van der Waals surface area contributed by atoms with Crippen LogP contribution in [0.2, 0.25) is 0 Å². The number of aromatic nitrogens is 3. The van der Waals surface area contributed by atoms with Crippen molar-refractivity contribution in [3.63, 3.8) is 0 Å². The number of carbonyl (C=O) groups excluding carboxylic acids is 1. The summed E-state index contributed by atoms with van der Waals surface area (Å²) in [5.74, 6) is -0.0316. The van der Waals surface area contributed by atoms with Gasteiger partial charge in [-0.2, -0.15) is 0 Å². The number of hydrogen-bond donors (Lipinski definition) is 1. The molecule has 0 aliphatic carbocycles. The highest BCUT2D eigenvalue weighted by Gasteiger charge is 2.26. The van der Waals surface area contributed by atoms with Gasteiger partial charge in [-0.25, -0.2) is 4.98 Å². The van der Waals surface area contributed by atoms with E-state index in [-0.39, 0.29) is 5.91 Å². The highest BCUT2D eigenvalue weighted by atomic mass is 16.1. The molecule has 1 unspecified atom stereocenters. The lowest BCUT2D eigenvalue weighted by atomic mass is 10.0. The molecule has 1 fully saturated rings. The van der Waals surface area contributed by atoms with Gasteiger partial charge < -0.3 is 9.88 Å². The standard InChI is InChI=1S/C17H23N5O/c1-13(23)20-9-15-8-14(5-6-19-15)17-4-3-7-22(17)11-16-10-18-12-21(16)2/h5-6,8,10,12,17H,3-4,7,9,11H2,1-2H3,(H,20,23). The van der Waals surface area contributed by atoms with Gasteiger partial charge in [-0.05, 0) is 37.1 Å². The number of nitrogens with zero attached hydrogens (tertiary/aromatic N) is 4. The van der Waals surface area contributed by atoms with E-state index in [4.69, 9.17) is 0 Å². The fraction of sp³-hybridized carbons (Fsp3) is 0.471. The van der Waals surface area contributed by atoms with Gasteiger partial charge in [0.25, 0.3) is 0 Å². The first-order valence-corrected chi connectivity index (χ1v) is 8.02. The second-order valence-electron chi connectivity index (χ2n) is 6.11. The molecule has 6 heteroatoms. The molecule has 0 radical (unpaired) electrons. The maximum Gasteiger partial charge on any atom is 0.217 e. The van der Waals surface area contributed by atoms with Crippen LogP contribution < -0.4 is 5.32 Å². The molecule has 6 nitrogen and oxygen atoms in total. The smallest absolute Gasteiger partial charge is 0.217 e. The van der Waals surface area contributed by atoms with E-state index in [2.05, 4.69) is 36.9 Å². The van der Waals surface area contributed by atoms with Gasteiger partial charge in [0.1, 0.15) is 0 Å². The Bertz CT molecular complexity index is 681. The van der Waals surface area contributed by atoms with E-state index in [1.165, 1.54) is 24.6 Å². The second kappa shape index (κ2) is 6.91. The van der Waals surface area contributed by atoms with E-state index in [9.17, 15) is 4.79 Å². The van der Waals surface area contributed by atoms with Gasteiger partial charge in [0.05, 0.1) is 24.3 Å². The van der Waals surface area contributed by atoms with E-state index >= 15 is 0 Å². The zero-order chi connectivity index (χ0) is 16.2. The molecular weight excluding hydrogens is 290 g/mol. The molecule has 1 amide bonds. The van der Waals surface area contributed by atoms with Crippen LogP contribution in [0.4, 0.5) is 0 Å². The number of nitrogens with one attached hydrogen (secondary N) is 1. The van der Waals surface area contributed by atoms with Crippen LogP contribution in [0.25, 0.3) is 0 Å². The third-order valence-electron chi connectivity index (χ3n) is 4.39. The number of imidazole rings is 1. The van der Waals surface area contributed by atoms with Gasteiger partial charge in [0.15, 0.2) is 0 Å². The predicted octanol–water partition coefficient (Wildman–Crippen LogP) is 1.79. The summed E-state index contributed by atoms with van der Waals surface area (Å²) < 4.78 is 2.07. The monoisotopic (exact) mass is 313 g/mol. The fourth-order valence-corrected chi connectivity index (χ4v) is 3.15. The first kappa shape index (κ1) is 15.7. The van der Waals surface area contributed by atoms with Crippen LogP contribution in [0.3, 0.4) is 0 Å². The summed E-state index contributed by atoms with van der Waals surface area (Å²) in [6.07, 6.45) is 7.98. The quantitative estimate of drug-likeness (QED) is 0.914. The van der Waals surface area contributed by atoms with E-state index in [1.54, 1.807) is 0 Å². The minimum absolute atomic E-state index is 0.0316. The lowest BCUT2D eigenvalue weighted by molar-refractivity contribution is -0.119. The SMILES string of the molecule is CC(=O)NCc1cc(C2CCCN2Cc2cncn2C)ccn1. The minimum Gasteiger partial charge on any atom is -0.351 e. The van der Waals surface area contributed by atoms with Crippen LogP contribution in [0.15, 0.2) is 30.9 Å². The molecule has 2 aromatic heterocycles. The Kier molecular flexibility index (Phi) is 4.71. The number of pyridine rings is 1. The van der Waals surface area contributed by atoms with Crippen LogP contribution in [0.5, 0.6) is 0 Å². The summed E-state index contributed by atoms with van der Waals surface area (Å²) in [5.41, 5.74) is 3.41. The van der Waals surface area contributed by atoms with Crippen molar-refractivity contribution in [3.05, 3.63) is 47.8 Å². The van der Waals surface area contributed by atoms with E-state index in [1.807, 2.05) is 25.8 Å². The van der Waals surface area contributed by atoms with E-state index in [0.717, 1.165) is 25.2 Å². The summed E-state index contributed by atoms with van der Waals surface area (Å²) in [5, 5.41) is 2.81. The molecule has 23 heavy (non-hydrogen) atoms. The van der Waals surface area contributed by atoms with Crippen molar-refractivity contribution in [2.75, 3.05) is 6.54 Å². The van der Waals surface area contributed by atoms with Gasteiger partial charge in [-0.15, -0.1) is 0 Å². The predicted molar refractivity (Wildman–Crippen MR) is 87.4 cm³/mol. The highest BCUT2D eigenvalue weighted by molar-refractivity contribution is 5.72. The maximum absolute atomic E-state index is 11.1. The average molecular weight is 313 g/mol. The molecule has 1 N–H and O–H groups in total. The highest BCUT2D eigenvalue weighted by Crippen LogP contribution is 2.33. The van der Waals surface area contributed by atoms with Gasteiger partial charge in [0.2, 0.25) is 5.91 Å². The average Bonchev–Trinajstić information content (AvgIpc) is 3.16. The first-order chi connectivity index (χ1) is 11.1. The minimum atomic E-state index is -0.0316. The third-order valence-corrected chi connectivity index (χ3v) is 4.39. The first-order valence-electron chi connectivity index (χ1n) is 8.02. The molecule has 0 aromatic carbocycles. The normalized spacial score (nSPS) is 18.3. The molecule has 1 aliphatic rings. The van der Waals surface area contributed by atoms with E-state index < -0.39 is 0 Å². The Labute approximate surface area is 136 Å². The molecule has 3 rings (SSSR count).